The summed E-state index contributed by atoms with van der Waals surface area (Å²) in [6, 6.07) is 0. The summed E-state index contributed by atoms with van der Waals surface area (Å²) in [6.07, 6.45) is 0.0132. The smallest absolute Gasteiger partial charge is 0.345 e. The highest BCUT2D eigenvalue weighted by Gasteiger charge is 2.51. The van der Waals surface area contributed by atoms with Crippen LogP contribution in [0.1, 0.15) is 58.3 Å². The summed E-state index contributed by atoms with van der Waals surface area (Å²) in [4.78, 5) is 62.6. The van der Waals surface area contributed by atoms with Crippen LogP contribution in [-0.4, -0.2) is 69.6 Å². The third kappa shape index (κ3) is 5.29. The molecule has 4 aliphatic rings. The SMILES string of the molecule is CCCCCC[C@H](O)[C@H]1C2=C(C[C@@H]([C@H](O)[C@@H]3CC=CC(=O)O3)CC3=C(C(=O)OC3=O)[C@H]1O)C(=O)OC2=O. The van der Waals surface area contributed by atoms with Gasteiger partial charge in [0.25, 0.3) is 0 Å². The number of ether oxygens (including phenoxy) is 3. The maximum atomic E-state index is 12.8. The number of unbranched alkanes of at least 4 members (excludes halogenated alkanes) is 3. The fraction of sp³-hybridized carbons (Fsp3) is 0.577. The van der Waals surface area contributed by atoms with Crippen LogP contribution >= 0.6 is 0 Å². The highest BCUT2D eigenvalue weighted by molar-refractivity contribution is 6.15. The molecule has 0 saturated heterocycles. The number of carbonyl (C=O) groups excluding carboxylic acids is 5. The predicted octanol–water partition coefficient (Wildman–Crippen LogP) is 0.697. The van der Waals surface area contributed by atoms with Crippen molar-refractivity contribution in [2.24, 2.45) is 11.8 Å². The van der Waals surface area contributed by atoms with Crippen LogP contribution in [0.3, 0.4) is 0 Å². The summed E-state index contributed by atoms with van der Waals surface area (Å²) < 4.78 is 14.8. The second-order valence-corrected chi connectivity index (χ2v) is 9.80. The quantitative estimate of drug-likeness (QED) is 0.179. The number of aliphatic hydroxyl groups is 3. The van der Waals surface area contributed by atoms with Gasteiger partial charge in [-0.25, -0.2) is 24.0 Å². The maximum absolute atomic E-state index is 12.8. The van der Waals surface area contributed by atoms with E-state index in [1.807, 2.05) is 6.92 Å². The van der Waals surface area contributed by atoms with Crippen LogP contribution in [0.5, 0.6) is 0 Å². The van der Waals surface area contributed by atoms with Crippen molar-refractivity contribution < 1.29 is 53.5 Å². The fourth-order valence-corrected chi connectivity index (χ4v) is 5.48. The van der Waals surface area contributed by atoms with Gasteiger partial charge in [0.1, 0.15) is 6.10 Å². The van der Waals surface area contributed by atoms with E-state index in [1.165, 1.54) is 12.2 Å². The average molecular weight is 519 g/mol. The van der Waals surface area contributed by atoms with E-state index >= 15 is 0 Å². The Hall–Kier alpha value is -3.15. The zero-order valence-corrected chi connectivity index (χ0v) is 20.4. The van der Waals surface area contributed by atoms with Crippen molar-refractivity contribution in [3.8, 4) is 0 Å². The first kappa shape index (κ1) is 26.9. The maximum Gasteiger partial charge on any atom is 0.345 e. The summed E-state index contributed by atoms with van der Waals surface area (Å²) >= 11 is 0. The molecule has 6 atom stereocenters. The molecule has 0 spiro atoms. The van der Waals surface area contributed by atoms with E-state index in [0.717, 1.165) is 19.3 Å². The van der Waals surface area contributed by atoms with Gasteiger partial charge in [0.05, 0.1) is 35.0 Å². The van der Waals surface area contributed by atoms with Crippen molar-refractivity contribution in [3.05, 3.63) is 34.4 Å². The first-order valence-corrected chi connectivity index (χ1v) is 12.5. The zero-order valence-electron chi connectivity index (χ0n) is 20.4. The number of hydrogen-bond donors (Lipinski definition) is 3. The van der Waals surface area contributed by atoms with Gasteiger partial charge in [-0.05, 0) is 25.2 Å². The van der Waals surface area contributed by atoms with Crippen molar-refractivity contribution in [2.45, 2.75) is 82.7 Å². The molecule has 0 aromatic heterocycles. The van der Waals surface area contributed by atoms with Gasteiger partial charge in [0.15, 0.2) is 0 Å². The molecule has 0 amide bonds. The fourth-order valence-electron chi connectivity index (χ4n) is 5.48. The van der Waals surface area contributed by atoms with Crippen molar-refractivity contribution in [2.75, 3.05) is 0 Å². The zero-order chi connectivity index (χ0) is 26.9. The first-order valence-electron chi connectivity index (χ1n) is 12.5. The summed E-state index contributed by atoms with van der Waals surface area (Å²) in [5.41, 5.74) is -1.10. The molecule has 0 radical (unpaired) electrons. The minimum Gasteiger partial charge on any atom is -0.456 e. The van der Waals surface area contributed by atoms with Crippen LogP contribution in [0.2, 0.25) is 0 Å². The van der Waals surface area contributed by atoms with E-state index in [1.54, 1.807) is 0 Å². The van der Waals surface area contributed by atoms with Gasteiger partial charge in [-0.3, -0.25) is 0 Å². The van der Waals surface area contributed by atoms with Crippen LogP contribution in [0.15, 0.2) is 34.4 Å². The van der Waals surface area contributed by atoms with Gasteiger partial charge in [0.2, 0.25) is 0 Å². The lowest BCUT2D eigenvalue weighted by Gasteiger charge is -2.30. The first-order chi connectivity index (χ1) is 17.6. The largest absolute Gasteiger partial charge is 0.456 e. The summed E-state index contributed by atoms with van der Waals surface area (Å²) in [5, 5.41) is 33.6. The van der Waals surface area contributed by atoms with Crippen molar-refractivity contribution in [1.29, 1.82) is 0 Å². The molecule has 200 valence electrons. The molecule has 3 N–H and O–H groups in total. The molecule has 11 heteroatoms. The molecule has 3 heterocycles. The standard InChI is InChI=1S/C26H30O11/c1-2-3-4-5-7-15(27)20-18-13(23(31)36-25(18)33)10-12(21(29)16-8-6-9-17(28)35-16)11-14-19(22(20)30)26(34)37-24(14)32/h6,9,12,15-16,20-22,27,29-30H,2-5,7-8,10-11H2,1H3/t12-,15+,16+,20+,21+,22-/m1/s1. The van der Waals surface area contributed by atoms with E-state index in [2.05, 4.69) is 0 Å². The number of cyclic esters (lactones) is 5. The van der Waals surface area contributed by atoms with Crippen LogP contribution in [0.25, 0.3) is 0 Å². The lowest BCUT2D eigenvalue weighted by atomic mass is 9.80. The Morgan fingerprint density at radius 1 is 0.892 bits per heavy atom. The summed E-state index contributed by atoms with van der Waals surface area (Å²) in [7, 11) is 0. The molecule has 0 fully saturated rings. The van der Waals surface area contributed by atoms with Crippen LogP contribution < -0.4 is 0 Å². The molecule has 3 aliphatic heterocycles. The second kappa shape index (κ2) is 11.1. The topological polar surface area (TPSA) is 174 Å². The number of hydrogen-bond acceptors (Lipinski definition) is 11. The van der Waals surface area contributed by atoms with Gasteiger partial charge in [0, 0.05) is 24.0 Å². The van der Waals surface area contributed by atoms with Crippen LogP contribution in [-0.2, 0) is 38.2 Å². The molecule has 11 nitrogen and oxygen atoms in total. The molecule has 0 aromatic rings. The number of carbonyl (C=O) groups is 5. The number of aliphatic hydroxyl groups excluding tert-OH is 3. The van der Waals surface area contributed by atoms with Gasteiger partial charge in [-0.15, -0.1) is 0 Å². The molecule has 0 aromatic carbocycles. The normalized spacial score (nSPS) is 29.7. The molecule has 0 unspecified atom stereocenters. The Bertz CT molecular complexity index is 1100. The van der Waals surface area contributed by atoms with Crippen molar-refractivity contribution >= 4 is 29.8 Å². The lowest BCUT2D eigenvalue weighted by molar-refractivity contribution is -0.154. The monoisotopic (exact) mass is 518 g/mol. The minimum atomic E-state index is -1.84. The molecule has 37 heavy (non-hydrogen) atoms. The summed E-state index contributed by atoms with van der Waals surface area (Å²) in [5.74, 6) is -7.33. The number of esters is 5. The van der Waals surface area contributed by atoms with Crippen LogP contribution in [0, 0.1) is 11.8 Å². The van der Waals surface area contributed by atoms with Crippen molar-refractivity contribution in [1.82, 2.24) is 0 Å². The predicted molar refractivity (Wildman–Crippen MR) is 123 cm³/mol. The van der Waals surface area contributed by atoms with E-state index in [-0.39, 0.29) is 42.4 Å². The van der Waals surface area contributed by atoms with E-state index < -0.39 is 71.7 Å². The second-order valence-electron chi connectivity index (χ2n) is 9.80. The number of rotatable bonds is 8. The molecule has 0 saturated carbocycles. The van der Waals surface area contributed by atoms with E-state index in [4.69, 9.17) is 14.2 Å². The molecule has 4 rings (SSSR count). The molecule has 0 bridgehead atoms. The van der Waals surface area contributed by atoms with Gasteiger partial charge >= 0.3 is 29.8 Å². The van der Waals surface area contributed by atoms with E-state index in [9.17, 15) is 39.3 Å². The average Bonchev–Trinajstić information content (AvgIpc) is 3.30. The highest BCUT2D eigenvalue weighted by atomic mass is 16.6. The Kier molecular flexibility index (Phi) is 8.05. The minimum absolute atomic E-state index is 0.155. The van der Waals surface area contributed by atoms with Crippen molar-refractivity contribution in [3.63, 3.8) is 0 Å². The Balaban J connectivity index is 1.78. The Labute approximate surface area is 212 Å². The third-order valence-electron chi connectivity index (χ3n) is 7.38. The van der Waals surface area contributed by atoms with Gasteiger partial charge < -0.3 is 29.5 Å². The Morgan fingerprint density at radius 2 is 1.51 bits per heavy atom. The van der Waals surface area contributed by atoms with Crippen LogP contribution in [0.4, 0.5) is 0 Å². The highest BCUT2D eigenvalue weighted by Crippen LogP contribution is 2.43. The third-order valence-corrected chi connectivity index (χ3v) is 7.38. The summed E-state index contributed by atoms with van der Waals surface area (Å²) in [6.45, 7) is 2.02. The molecular weight excluding hydrogens is 488 g/mol. The van der Waals surface area contributed by atoms with E-state index in [0.29, 0.717) is 6.42 Å². The molecule has 1 aliphatic carbocycles. The lowest BCUT2D eigenvalue weighted by Crippen LogP contribution is -2.39. The van der Waals surface area contributed by atoms with Gasteiger partial charge in [-0.2, -0.15) is 0 Å². The van der Waals surface area contributed by atoms with Gasteiger partial charge in [-0.1, -0.05) is 38.7 Å². The molecular formula is C26H30O11. The Morgan fingerprint density at radius 3 is 2.14 bits per heavy atom.